The van der Waals surface area contributed by atoms with Crippen LogP contribution in [0.2, 0.25) is 0 Å². The zero-order valence-corrected chi connectivity index (χ0v) is 11.4. The van der Waals surface area contributed by atoms with E-state index in [1.165, 1.54) is 11.3 Å². The van der Waals surface area contributed by atoms with Crippen molar-refractivity contribution in [1.82, 2.24) is 10.3 Å². The standard InChI is InChI=1S/C13H16N4OS/c1-8(14)13-17-11(7-19-13)12(18)16-6-9-2-4-10(15)5-3-9/h2-5,7-8H,6,14-15H2,1H3,(H,16,18). The number of aromatic nitrogens is 1. The smallest absolute Gasteiger partial charge is 0.271 e. The maximum Gasteiger partial charge on any atom is 0.271 e. The van der Waals surface area contributed by atoms with Crippen molar-refractivity contribution in [3.05, 3.63) is 45.9 Å². The summed E-state index contributed by atoms with van der Waals surface area (Å²) in [5.41, 5.74) is 13.4. The van der Waals surface area contributed by atoms with Crippen molar-refractivity contribution in [2.75, 3.05) is 5.73 Å². The average molecular weight is 276 g/mol. The van der Waals surface area contributed by atoms with Gasteiger partial charge in [-0.2, -0.15) is 0 Å². The van der Waals surface area contributed by atoms with Crippen LogP contribution in [0.4, 0.5) is 5.69 Å². The minimum atomic E-state index is -0.194. The maximum atomic E-state index is 11.9. The van der Waals surface area contributed by atoms with E-state index in [9.17, 15) is 4.79 Å². The number of carbonyl (C=O) groups is 1. The fraction of sp³-hybridized carbons (Fsp3) is 0.231. The van der Waals surface area contributed by atoms with E-state index in [1.54, 1.807) is 17.5 Å². The van der Waals surface area contributed by atoms with Gasteiger partial charge < -0.3 is 16.8 Å². The Balaban J connectivity index is 1.95. The first-order valence-electron chi connectivity index (χ1n) is 5.90. The lowest BCUT2D eigenvalue weighted by molar-refractivity contribution is 0.0946. The molecule has 0 bridgehead atoms. The van der Waals surface area contributed by atoms with Gasteiger partial charge in [-0.15, -0.1) is 11.3 Å². The molecule has 100 valence electrons. The third-order valence-electron chi connectivity index (χ3n) is 2.58. The second kappa shape index (κ2) is 5.81. The number of nitrogens with one attached hydrogen (secondary N) is 1. The van der Waals surface area contributed by atoms with Crippen LogP contribution in [0, 0.1) is 0 Å². The molecule has 0 saturated carbocycles. The fourth-order valence-electron chi connectivity index (χ4n) is 1.51. The predicted octanol–water partition coefficient (Wildman–Crippen LogP) is 1.67. The highest BCUT2D eigenvalue weighted by Gasteiger charge is 2.12. The Morgan fingerprint density at radius 2 is 2.11 bits per heavy atom. The molecule has 1 heterocycles. The largest absolute Gasteiger partial charge is 0.399 e. The molecule has 1 atom stereocenters. The lowest BCUT2D eigenvalue weighted by atomic mass is 10.2. The van der Waals surface area contributed by atoms with E-state index in [0.717, 1.165) is 10.6 Å². The Labute approximate surface area is 115 Å². The van der Waals surface area contributed by atoms with Crippen molar-refractivity contribution in [2.24, 2.45) is 5.73 Å². The first kappa shape index (κ1) is 13.5. The second-order valence-corrected chi connectivity index (χ2v) is 5.17. The Hall–Kier alpha value is -1.92. The van der Waals surface area contributed by atoms with Crippen LogP contribution in [0.25, 0.3) is 0 Å². The second-order valence-electron chi connectivity index (χ2n) is 4.28. The number of carbonyl (C=O) groups excluding carboxylic acids is 1. The summed E-state index contributed by atoms with van der Waals surface area (Å²) in [4.78, 5) is 16.1. The molecule has 0 aliphatic rings. The van der Waals surface area contributed by atoms with Crippen LogP contribution in [0.15, 0.2) is 29.6 Å². The minimum Gasteiger partial charge on any atom is -0.399 e. The molecular formula is C13H16N4OS. The number of rotatable bonds is 4. The third kappa shape index (κ3) is 3.52. The van der Waals surface area contributed by atoms with E-state index in [-0.39, 0.29) is 11.9 Å². The molecule has 5 N–H and O–H groups in total. The number of thiazole rings is 1. The van der Waals surface area contributed by atoms with E-state index in [4.69, 9.17) is 11.5 Å². The maximum absolute atomic E-state index is 11.9. The molecule has 5 nitrogen and oxygen atoms in total. The molecule has 1 aromatic carbocycles. The highest BCUT2D eigenvalue weighted by atomic mass is 32.1. The number of nitrogen functional groups attached to an aromatic ring is 1. The number of hydrogen-bond acceptors (Lipinski definition) is 5. The molecule has 2 rings (SSSR count). The van der Waals surface area contributed by atoms with Crippen LogP contribution in [0.3, 0.4) is 0 Å². The molecule has 6 heteroatoms. The number of anilines is 1. The summed E-state index contributed by atoms with van der Waals surface area (Å²) in [7, 11) is 0. The fourth-order valence-corrected chi connectivity index (χ4v) is 2.27. The van der Waals surface area contributed by atoms with Crippen LogP contribution in [0.5, 0.6) is 0 Å². The molecule has 1 aromatic heterocycles. The summed E-state index contributed by atoms with van der Waals surface area (Å²) in [6.07, 6.45) is 0. The van der Waals surface area contributed by atoms with Crippen molar-refractivity contribution in [1.29, 1.82) is 0 Å². The molecule has 1 unspecified atom stereocenters. The topological polar surface area (TPSA) is 94.0 Å². The van der Waals surface area contributed by atoms with E-state index in [1.807, 2.05) is 19.1 Å². The van der Waals surface area contributed by atoms with Gasteiger partial charge in [-0.05, 0) is 24.6 Å². The van der Waals surface area contributed by atoms with Gasteiger partial charge in [-0.25, -0.2) is 4.98 Å². The molecule has 0 aliphatic heterocycles. The third-order valence-corrected chi connectivity index (χ3v) is 3.62. The Morgan fingerprint density at radius 1 is 1.42 bits per heavy atom. The number of benzene rings is 1. The first-order chi connectivity index (χ1) is 9.06. The Morgan fingerprint density at radius 3 is 2.68 bits per heavy atom. The molecule has 19 heavy (non-hydrogen) atoms. The van der Waals surface area contributed by atoms with Crippen LogP contribution in [-0.2, 0) is 6.54 Å². The predicted molar refractivity (Wildman–Crippen MR) is 76.7 cm³/mol. The highest BCUT2D eigenvalue weighted by molar-refractivity contribution is 7.09. The number of hydrogen-bond donors (Lipinski definition) is 3. The van der Waals surface area contributed by atoms with Gasteiger partial charge in [-0.1, -0.05) is 12.1 Å². The minimum absolute atomic E-state index is 0.149. The van der Waals surface area contributed by atoms with Crippen molar-refractivity contribution in [3.8, 4) is 0 Å². The SMILES string of the molecule is CC(N)c1nc(C(=O)NCc2ccc(N)cc2)cs1. The van der Waals surface area contributed by atoms with Crippen molar-refractivity contribution < 1.29 is 4.79 Å². The van der Waals surface area contributed by atoms with Crippen molar-refractivity contribution in [2.45, 2.75) is 19.5 Å². The molecule has 0 saturated heterocycles. The van der Waals surface area contributed by atoms with Gasteiger partial charge in [0.15, 0.2) is 0 Å². The molecule has 0 aliphatic carbocycles. The summed E-state index contributed by atoms with van der Waals surface area (Å²) < 4.78 is 0. The van der Waals surface area contributed by atoms with E-state index in [2.05, 4.69) is 10.3 Å². The zero-order chi connectivity index (χ0) is 13.8. The molecule has 0 radical (unpaired) electrons. The summed E-state index contributed by atoms with van der Waals surface area (Å²) in [6, 6.07) is 7.22. The van der Waals surface area contributed by atoms with Crippen molar-refractivity contribution >= 4 is 22.9 Å². The lowest BCUT2D eigenvalue weighted by Gasteiger charge is -2.04. The molecule has 0 fully saturated rings. The van der Waals surface area contributed by atoms with Gasteiger partial charge in [0.2, 0.25) is 0 Å². The number of amides is 1. The van der Waals surface area contributed by atoms with E-state index >= 15 is 0 Å². The van der Waals surface area contributed by atoms with E-state index in [0.29, 0.717) is 17.9 Å². The van der Waals surface area contributed by atoms with E-state index < -0.39 is 0 Å². The van der Waals surface area contributed by atoms with Crippen molar-refractivity contribution in [3.63, 3.8) is 0 Å². The average Bonchev–Trinajstić information content (AvgIpc) is 2.87. The number of nitrogens with two attached hydrogens (primary N) is 2. The Kier molecular flexibility index (Phi) is 4.13. The van der Waals surface area contributed by atoms with Crippen LogP contribution < -0.4 is 16.8 Å². The normalized spacial score (nSPS) is 12.1. The zero-order valence-electron chi connectivity index (χ0n) is 10.6. The summed E-state index contributed by atoms with van der Waals surface area (Å²) >= 11 is 1.40. The molecule has 1 amide bonds. The number of nitrogens with zero attached hydrogens (tertiary/aromatic N) is 1. The van der Waals surface area contributed by atoms with Gasteiger partial charge >= 0.3 is 0 Å². The van der Waals surface area contributed by atoms with Crippen LogP contribution >= 0.6 is 11.3 Å². The quantitative estimate of drug-likeness (QED) is 0.740. The van der Waals surface area contributed by atoms with Gasteiger partial charge in [-0.3, -0.25) is 4.79 Å². The molecular weight excluding hydrogens is 260 g/mol. The summed E-state index contributed by atoms with van der Waals surface area (Å²) in [6.45, 7) is 2.29. The monoisotopic (exact) mass is 276 g/mol. The molecule has 0 spiro atoms. The summed E-state index contributed by atoms with van der Waals surface area (Å²) in [5, 5.41) is 5.29. The van der Waals surface area contributed by atoms with Gasteiger partial charge in [0.1, 0.15) is 10.7 Å². The first-order valence-corrected chi connectivity index (χ1v) is 6.78. The molecule has 2 aromatic rings. The van der Waals surface area contributed by atoms with Gasteiger partial charge in [0.05, 0.1) is 6.04 Å². The Bertz CT molecular complexity index is 562. The van der Waals surface area contributed by atoms with Gasteiger partial charge in [0.25, 0.3) is 5.91 Å². The van der Waals surface area contributed by atoms with Crippen LogP contribution in [0.1, 0.15) is 34.0 Å². The van der Waals surface area contributed by atoms with Crippen LogP contribution in [-0.4, -0.2) is 10.9 Å². The summed E-state index contributed by atoms with van der Waals surface area (Å²) in [5.74, 6) is -0.194. The van der Waals surface area contributed by atoms with Gasteiger partial charge in [0, 0.05) is 17.6 Å². The lowest BCUT2D eigenvalue weighted by Crippen LogP contribution is -2.23. The highest BCUT2D eigenvalue weighted by Crippen LogP contribution is 2.15.